The second-order valence-corrected chi connectivity index (χ2v) is 5.52. The van der Waals surface area contributed by atoms with Gasteiger partial charge in [0.15, 0.2) is 9.84 Å². The van der Waals surface area contributed by atoms with E-state index in [-0.39, 0.29) is 5.97 Å². The van der Waals surface area contributed by atoms with Crippen LogP contribution in [0.5, 0.6) is 0 Å². The number of rotatable bonds is 4. The van der Waals surface area contributed by atoms with Crippen LogP contribution in [0.4, 0.5) is 0 Å². The molecule has 1 rings (SSSR count). The molecule has 0 atom stereocenters. The van der Waals surface area contributed by atoms with Gasteiger partial charge >= 0.3 is 5.97 Å². The Morgan fingerprint density at radius 2 is 1.81 bits per heavy atom. The molecule has 4 nitrogen and oxygen atoms in total. The Kier molecular flexibility index (Phi) is 4.06. The maximum Gasteiger partial charge on any atom is 0.302 e. The van der Waals surface area contributed by atoms with Crippen LogP contribution >= 0.6 is 0 Å². The van der Waals surface area contributed by atoms with E-state index in [9.17, 15) is 13.2 Å². The van der Waals surface area contributed by atoms with Crippen LogP contribution in [0, 0.1) is 0 Å². The third-order valence-corrected chi connectivity index (χ3v) is 3.18. The van der Waals surface area contributed by atoms with Gasteiger partial charge in [0.1, 0.15) is 0 Å². The second-order valence-electron chi connectivity index (χ2n) is 3.51. The van der Waals surface area contributed by atoms with Crippen molar-refractivity contribution in [2.24, 2.45) is 0 Å². The van der Waals surface area contributed by atoms with Gasteiger partial charge in [-0.3, -0.25) is 4.79 Å². The molecule has 0 aromatic heterocycles. The average Bonchev–Trinajstić information content (AvgIpc) is 2.16. The minimum absolute atomic E-state index is 0.295. The third kappa shape index (κ3) is 4.02. The SMILES string of the molecule is CC(=O)OCCc1ccc(S(C)(=O)=O)cc1. The number of carbonyl (C=O) groups excluding carboxylic acids is 1. The number of sulfone groups is 1. The summed E-state index contributed by atoms with van der Waals surface area (Å²) in [6.07, 6.45) is 1.75. The van der Waals surface area contributed by atoms with Gasteiger partial charge in [0, 0.05) is 19.6 Å². The lowest BCUT2D eigenvalue weighted by Gasteiger charge is -2.03. The Morgan fingerprint density at radius 3 is 2.25 bits per heavy atom. The Hall–Kier alpha value is -1.36. The van der Waals surface area contributed by atoms with Crippen LogP contribution in [0.1, 0.15) is 12.5 Å². The minimum atomic E-state index is -3.14. The van der Waals surface area contributed by atoms with Gasteiger partial charge in [-0.05, 0) is 17.7 Å². The molecule has 5 heteroatoms. The predicted molar refractivity (Wildman–Crippen MR) is 59.9 cm³/mol. The van der Waals surface area contributed by atoms with Crippen molar-refractivity contribution in [3.05, 3.63) is 29.8 Å². The van der Waals surface area contributed by atoms with Crippen LogP contribution in [0.2, 0.25) is 0 Å². The highest BCUT2D eigenvalue weighted by molar-refractivity contribution is 7.90. The van der Waals surface area contributed by atoms with Crippen LogP contribution in [0.15, 0.2) is 29.2 Å². The Balaban J connectivity index is 2.62. The molecule has 0 saturated heterocycles. The van der Waals surface area contributed by atoms with E-state index in [4.69, 9.17) is 4.74 Å². The van der Waals surface area contributed by atoms with Gasteiger partial charge in [-0.1, -0.05) is 12.1 Å². The first-order valence-electron chi connectivity index (χ1n) is 4.82. The lowest BCUT2D eigenvalue weighted by atomic mass is 10.2. The van der Waals surface area contributed by atoms with Crippen molar-refractivity contribution < 1.29 is 17.9 Å². The van der Waals surface area contributed by atoms with E-state index < -0.39 is 9.84 Å². The monoisotopic (exact) mass is 242 g/mol. The van der Waals surface area contributed by atoms with E-state index in [2.05, 4.69) is 0 Å². The summed E-state index contributed by atoms with van der Waals surface area (Å²) >= 11 is 0. The fourth-order valence-corrected chi connectivity index (χ4v) is 1.85. The molecule has 0 heterocycles. The molecule has 0 unspecified atom stereocenters. The number of carbonyl (C=O) groups is 1. The van der Waals surface area contributed by atoms with Crippen molar-refractivity contribution in [1.29, 1.82) is 0 Å². The number of hydrogen-bond donors (Lipinski definition) is 0. The molecule has 0 aliphatic rings. The quantitative estimate of drug-likeness (QED) is 0.744. The summed E-state index contributed by atoms with van der Waals surface area (Å²) < 4.78 is 27.1. The summed E-state index contributed by atoms with van der Waals surface area (Å²) in [5, 5.41) is 0. The smallest absolute Gasteiger partial charge is 0.302 e. The number of esters is 1. The predicted octanol–water partition coefficient (Wildman–Crippen LogP) is 1.20. The summed E-state index contributed by atoms with van der Waals surface area (Å²) in [5.41, 5.74) is 0.939. The van der Waals surface area contributed by atoms with Crippen LogP contribution in [-0.4, -0.2) is 27.2 Å². The molecule has 0 aliphatic carbocycles. The largest absolute Gasteiger partial charge is 0.466 e. The van der Waals surface area contributed by atoms with Crippen molar-refractivity contribution >= 4 is 15.8 Å². The van der Waals surface area contributed by atoms with Crippen molar-refractivity contribution in [2.75, 3.05) is 12.9 Å². The Labute approximate surface area is 95.2 Å². The van der Waals surface area contributed by atoms with Crippen LogP contribution in [0.25, 0.3) is 0 Å². The van der Waals surface area contributed by atoms with Gasteiger partial charge < -0.3 is 4.74 Å². The van der Waals surface area contributed by atoms with Crippen molar-refractivity contribution in [1.82, 2.24) is 0 Å². The van der Waals surface area contributed by atoms with Gasteiger partial charge in [0.25, 0.3) is 0 Å². The average molecular weight is 242 g/mol. The zero-order chi connectivity index (χ0) is 12.2. The van der Waals surface area contributed by atoms with Gasteiger partial charge in [-0.2, -0.15) is 0 Å². The molecule has 0 amide bonds. The topological polar surface area (TPSA) is 60.4 Å². The maximum absolute atomic E-state index is 11.2. The first kappa shape index (κ1) is 12.7. The molecule has 0 spiro atoms. The van der Waals surface area contributed by atoms with Gasteiger partial charge in [0.05, 0.1) is 11.5 Å². The summed E-state index contributed by atoms with van der Waals surface area (Å²) in [5.74, 6) is -0.312. The molecule has 0 saturated carbocycles. The molecular weight excluding hydrogens is 228 g/mol. The lowest BCUT2D eigenvalue weighted by Crippen LogP contribution is -2.03. The van der Waals surface area contributed by atoms with E-state index >= 15 is 0 Å². The molecule has 0 bridgehead atoms. The minimum Gasteiger partial charge on any atom is -0.466 e. The highest BCUT2D eigenvalue weighted by atomic mass is 32.2. The number of hydrogen-bond acceptors (Lipinski definition) is 4. The first-order chi connectivity index (χ1) is 7.39. The summed E-state index contributed by atoms with van der Waals surface area (Å²) in [4.78, 5) is 10.8. The van der Waals surface area contributed by atoms with Crippen molar-refractivity contribution in [3.63, 3.8) is 0 Å². The maximum atomic E-state index is 11.2. The highest BCUT2D eigenvalue weighted by Crippen LogP contribution is 2.10. The molecule has 0 fully saturated rings. The molecule has 1 aromatic rings. The van der Waals surface area contributed by atoms with Crippen LogP contribution in [0.3, 0.4) is 0 Å². The normalized spacial score (nSPS) is 11.1. The van der Waals surface area contributed by atoms with Gasteiger partial charge in [-0.15, -0.1) is 0 Å². The summed E-state index contributed by atoms with van der Waals surface area (Å²) in [7, 11) is -3.14. The summed E-state index contributed by atoms with van der Waals surface area (Å²) in [6, 6.07) is 6.55. The fraction of sp³-hybridized carbons (Fsp3) is 0.364. The molecule has 0 N–H and O–H groups in total. The molecule has 0 aliphatic heterocycles. The zero-order valence-electron chi connectivity index (χ0n) is 9.26. The van der Waals surface area contributed by atoms with E-state index in [1.165, 1.54) is 13.2 Å². The van der Waals surface area contributed by atoms with E-state index in [0.717, 1.165) is 5.56 Å². The van der Waals surface area contributed by atoms with Gasteiger partial charge in [0.2, 0.25) is 0 Å². The summed E-state index contributed by atoms with van der Waals surface area (Å²) in [6.45, 7) is 1.67. The molecule has 16 heavy (non-hydrogen) atoms. The van der Waals surface area contributed by atoms with Crippen LogP contribution < -0.4 is 0 Å². The molecule has 1 aromatic carbocycles. The standard InChI is InChI=1S/C11H14O4S/c1-9(12)15-8-7-10-3-5-11(6-4-10)16(2,13)14/h3-6H,7-8H2,1-2H3. The van der Waals surface area contributed by atoms with Crippen molar-refractivity contribution in [3.8, 4) is 0 Å². The highest BCUT2D eigenvalue weighted by Gasteiger charge is 2.05. The molecular formula is C11H14O4S. The van der Waals surface area contributed by atoms with E-state index in [1.54, 1.807) is 24.3 Å². The third-order valence-electron chi connectivity index (χ3n) is 2.05. The van der Waals surface area contributed by atoms with Crippen molar-refractivity contribution in [2.45, 2.75) is 18.2 Å². The number of ether oxygens (including phenoxy) is 1. The first-order valence-corrected chi connectivity index (χ1v) is 6.71. The lowest BCUT2D eigenvalue weighted by molar-refractivity contribution is -0.140. The zero-order valence-corrected chi connectivity index (χ0v) is 10.1. The molecule has 88 valence electrons. The second kappa shape index (κ2) is 5.12. The van der Waals surface area contributed by atoms with Gasteiger partial charge in [-0.25, -0.2) is 8.42 Å². The molecule has 0 radical (unpaired) electrons. The van der Waals surface area contributed by atoms with Crippen LogP contribution in [-0.2, 0) is 25.8 Å². The number of benzene rings is 1. The van der Waals surface area contributed by atoms with E-state index in [1.807, 2.05) is 0 Å². The Bertz CT molecular complexity index is 459. The van der Waals surface area contributed by atoms with E-state index in [0.29, 0.717) is 17.9 Å². The Morgan fingerprint density at radius 1 is 1.25 bits per heavy atom. The fourth-order valence-electron chi connectivity index (χ4n) is 1.22.